The summed E-state index contributed by atoms with van der Waals surface area (Å²) in [6.07, 6.45) is 1.23. The first-order valence-electron chi connectivity index (χ1n) is 6.67. The van der Waals surface area contributed by atoms with Gasteiger partial charge in [-0.05, 0) is 30.9 Å². The molecule has 0 bridgehead atoms. The number of nitrogens with one attached hydrogen (secondary N) is 1. The number of hydrogen-bond donors (Lipinski definition) is 2. The number of aliphatic hydroxyl groups excluding tert-OH is 1. The number of likely N-dealkylation sites (tertiary alicyclic amines) is 1. The highest BCUT2D eigenvalue weighted by atomic mass is 19.1. The van der Waals surface area contributed by atoms with Gasteiger partial charge >= 0.3 is 11.8 Å². The Hall–Kier alpha value is -2.02. The van der Waals surface area contributed by atoms with Gasteiger partial charge in [-0.1, -0.05) is 0 Å². The fourth-order valence-electron chi connectivity index (χ4n) is 2.23. The molecule has 0 aromatic heterocycles. The van der Waals surface area contributed by atoms with E-state index in [0.29, 0.717) is 25.9 Å². The van der Waals surface area contributed by atoms with Crippen molar-refractivity contribution >= 4 is 17.5 Å². The molecular formula is C14H16F2N2O3. The quantitative estimate of drug-likeness (QED) is 0.804. The molecule has 0 saturated carbocycles. The minimum Gasteiger partial charge on any atom is -0.396 e. The average molecular weight is 298 g/mol. The molecule has 1 heterocycles. The highest BCUT2D eigenvalue weighted by Gasteiger charge is 2.27. The summed E-state index contributed by atoms with van der Waals surface area (Å²) in [7, 11) is 0. The first-order chi connectivity index (χ1) is 10.0. The van der Waals surface area contributed by atoms with Gasteiger partial charge in [0.05, 0.1) is 5.69 Å². The molecule has 2 rings (SSSR count). The summed E-state index contributed by atoms with van der Waals surface area (Å²) in [5.41, 5.74) is -0.362. The smallest absolute Gasteiger partial charge is 0.313 e. The van der Waals surface area contributed by atoms with Crippen molar-refractivity contribution in [3.05, 3.63) is 29.8 Å². The largest absolute Gasteiger partial charge is 0.396 e. The number of carbonyl (C=O) groups is 2. The maximum absolute atomic E-state index is 13.4. The van der Waals surface area contributed by atoms with E-state index in [1.165, 1.54) is 4.90 Å². The van der Waals surface area contributed by atoms with Crippen molar-refractivity contribution in [3.63, 3.8) is 0 Å². The minimum absolute atomic E-state index is 0.0583. The van der Waals surface area contributed by atoms with Crippen LogP contribution in [0.4, 0.5) is 14.5 Å². The lowest BCUT2D eigenvalue weighted by atomic mass is 9.98. The van der Waals surface area contributed by atoms with E-state index in [4.69, 9.17) is 5.11 Å². The Kier molecular flexibility index (Phi) is 4.85. The van der Waals surface area contributed by atoms with E-state index in [2.05, 4.69) is 5.32 Å². The molecule has 1 aliphatic rings. The van der Waals surface area contributed by atoms with E-state index in [1.54, 1.807) is 0 Å². The molecule has 1 aromatic carbocycles. The highest BCUT2D eigenvalue weighted by Crippen LogP contribution is 2.18. The summed E-state index contributed by atoms with van der Waals surface area (Å²) in [6.45, 7) is 0.787. The monoisotopic (exact) mass is 298 g/mol. The number of halogens is 2. The van der Waals surface area contributed by atoms with Crippen LogP contribution in [-0.4, -0.2) is 41.5 Å². The molecule has 2 amide bonds. The Morgan fingerprint density at radius 2 is 1.95 bits per heavy atom. The van der Waals surface area contributed by atoms with Crippen LogP contribution in [0.5, 0.6) is 0 Å². The maximum Gasteiger partial charge on any atom is 0.313 e. The molecular weight excluding hydrogens is 282 g/mol. The van der Waals surface area contributed by atoms with Crippen molar-refractivity contribution in [2.75, 3.05) is 25.0 Å². The number of benzene rings is 1. The van der Waals surface area contributed by atoms with Crippen LogP contribution in [0, 0.1) is 17.6 Å². The van der Waals surface area contributed by atoms with Gasteiger partial charge < -0.3 is 15.3 Å². The molecule has 0 spiro atoms. The maximum atomic E-state index is 13.4. The highest BCUT2D eigenvalue weighted by molar-refractivity contribution is 6.39. The van der Waals surface area contributed by atoms with E-state index in [0.717, 1.165) is 18.2 Å². The Labute approximate surface area is 120 Å². The lowest BCUT2D eigenvalue weighted by Gasteiger charge is -2.30. The van der Waals surface area contributed by atoms with Gasteiger partial charge in [-0.2, -0.15) is 0 Å². The molecule has 2 N–H and O–H groups in total. The standard InChI is InChI=1S/C14H16F2N2O3/c15-10-1-2-11(16)12(7-10)17-13(20)14(21)18-5-3-9(8-19)4-6-18/h1-2,7,9,19H,3-6,8H2,(H,17,20). The van der Waals surface area contributed by atoms with Crippen LogP contribution in [0.3, 0.4) is 0 Å². The third kappa shape index (κ3) is 3.75. The SMILES string of the molecule is O=C(Nc1cc(F)ccc1F)C(=O)N1CCC(CO)CC1. The van der Waals surface area contributed by atoms with Crippen LogP contribution < -0.4 is 5.32 Å². The van der Waals surface area contributed by atoms with Gasteiger partial charge in [0, 0.05) is 25.8 Å². The van der Waals surface area contributed by atoms with E-state index in [9.17, 15) is 18.4 Å². The summed E-state index contributed by atoms with van der Waals surface area (Å²) in [4.78, 5) is 25.1. The van der Waals surface area contributed by atoms with E-state index in [-0.39, 0.29) is 18.2 Å². The molecule has 7 heteroatoms. The summed E-state index contributed by atoms with van der Waals surface area (Å²) < 4.78 is 26.4. The first-order valence-corrected chi connectivity index (χ1v) is 6.67. The molecule has 1 aliphatic heterocycles. The fourth-order valence-corrected chi connectivity index (χ4v) is 2.23. The van der Waals surface area contributed by atoms with Crippen molar-refractivity contribution in [2.45, 2.75) is 12.8 Å². The predicted molar refractivity (Wildman–Crippen MR) is 71.4 cm³/mol. The zero-order chi connectivity index (χ0) is 15.4. The number of aliphatic hydroxyl groups is 1. The van der Waals surface area contributed by atoms with Crippen LogP contribution in [0.1, 0.15) is 12.8 Å². The van der Waals surface area contributed by atoms with Gasteiger partial charge in [0.15, 0.2) is 0 Å². The number of piperidine rings is 1. The molecule has 0 aliphatic carbocycles. The number of nitrogens with zero attached hydrogens (tertiary/aromatic N) is 1. The van der Waals surface area contributed by atoms with Gasteiger partial charge in [0.1, 0.15) is 11.6 Å². The van der Waals surface area contributed by atoms with Crippen LogP contribution >= 0.6 is 0 Å². The van der Waals surface area contributed by atoms with Gasteiger partial charge in [-0.25, -0.2) is 8.78 Å². The molecule has 1 saturated heterocycles. The molecule has 114 valence electrons. The second-order valence-corrected chi connectivity index (χ2v) is 5.00. The van der Waals surface area contributed by atoms with Crippen LogP contribution in [-0.2, 0) is 9.59 Å². The van der Waals surface area contributed by atoms with Crippen molar-refractivity contribution in [2.24, 2.45) is 5.92 Å². The molecule has 5 nitrogen and oxygen atoms in total. The number of carbonyl (C=O) groups excluding carboxylic acids is 2. The first kappa shape index (κ1) is 15.4. The lowest BCUT2D eigenvalue weighted by molar-refractivity contribution is -0.144. The minimum atomic E-state index is -0.998. The van der Waals surface area contributed by atoms with Crippen molar-refractivity contribution < 1.29 is 23.5 Å². The second kappa shape index (κ2) is 6.62. The fraction of sp³-hybridized carbons (Fsp3) is 0.429. The van der Waals surface area contributed by atoms with Crippen LogP contribution in [0.25, 0.3) is 0 Å². The number of anilines is 1. The van der Waals surface area contributed by atoms with Crippen molar-refractivity contribution in [3.8, 4) is 0 Å². The van der Waals surface area contributed by atoms with Gasteiger partial charge in [0.25, 0.3) is 0 Å². The van der Waals surface area contributed by atoms with Crippen LogP contribution in [0.2, 0.25) is 0 Å². The molecule has 21 heavy (non-hydrogen) atoms. The molecule has 1 aromatic rings. The van der Waals surface area contributed by atoms with E-state index >= 15 is 0 Å². The van der Waals surface area contributed by atoms with E-state index < -0.39 is 23.4 Å². The Morgan fingerprint density at radius 3 is 2.57 bits per heavy atom. The molecule has 0 radical (unpaired) electrons. The summed E-state index contributed by atoms with van der Waals surface area (Å²) in [5.74, 6) is -3.16. The van der Waals surface area contributed by atoms with Crippen molar-refractivity contribution in [1.82, 2.24) is 4.90 Å². The number of amides is 2. The zero-order valence-electron chi connectivity index (χ0n) is 11.3. The summed E-state index contributed by atoms with van der Waals surface area (Å²) >= 11 is 0. The summed E-state index contributed by atoms with van der Waals surface area (Å²) in [5, 5.41) is 11.1. The lowest BCUT2D eigenvalue weighted by Crippen LogP contribution is -2.44. The van der Waals surface area contributed by atoms with Gasteiger partial charge in [0.2, 0.25) is 0 Å². The molecule has 0 unspecified atom stereocenters. The normalized spacial score (nSPS) is 15.9. The predicted octanol–water partition coefficient (Wildman–Crippen LogP) is 1.13. The third-order valence-electron chi connectivity index (χ3n) is 3.53. The Balaban J connectivity index is 1.97. The topological polar surface area (TPSA) is 69.6 Å². The second-order valence-electron chi connectivity index (χ2n) is 5.00. The van der Waals surface area contributed by atoms with E-state index in [1.807, 2.05) is 0 Å². The average Bonchev–Trinajstić information content (AvgIpc) is 2.50. The Bertz CT molecular complexity index is 543. The molecule has 0 atom stereocenters. The Morgan fingerprint density at radius 1 is 1.29 bits per heavy atom. The summed E-state index contributed by atoms with van der Waals surface area (Å²) in [6, 6.07) is 2.62. The van der Waals surface area contributed by atoms with Gasteiger partial charge in [-0.3, -0.25) is 9.59 Å². The zero-order valence-corrected chi connectivity index (χ0v) is 11.3. The van der Waals surface area contributed by atoms with Crippen molar-refractivity contribution in [1.29, 1.82) is 0 Å². The third-order valence-corrected chi connectivity index (χ3v) is 3.53. The number of hydrogen-bond acceptors (Lipinski definition) is 3. The van der Waals surface area contributed by atoms with Crippen LogP contribution in [0.15, 0.2) is 18.2 Å². The van der Waals surface area contributed by atoms with Gasteiger partial charge in [-0.15, -0.1) is 0 Å². The number of rotatable bonds is 2. The molecule has 1 fully saturated rings.